The Morgan fingerprint density at radius 1 is 0.700 bits per heavy atom. The second-order valence-corrected chi connectivity index (χ2v) is 6.66. The molecular formula is C25H19NO4. The molecular weight excluding hydrogens is 378 g/mol. The van der Waals surface area contributed by atoms with Crippen LogP contribution >= 0.6 is 0 Å². The van der Waals surface area contributed by atoms with E-state index in [-0.39, 0.29) is 5.91 Å². The minimum atomic E-state index is -0.457. The maximum Gasteiger partial charge on any atom is 0.337 e. The fourth-order valence-corrected chi connectivity index (χ4v) is 3.09. The molecule has 0 aliphatic rings. The average Bonchev–Trinajstić information content (AvgIpc) is 2.79. The van der Waals surface area contributed by atoms with E-state index in [0.29, 0.717) is 22.6 Å². The number of benzene rings is 4. The molecule has 0 saturated carbocycles. The van der Waals surface area contributed by atoms with Gasteiger partial charge in [-0.15, -0.1) is 0 Å². The number of methoxy groups -OCH3 is 1. The van der Waals surface area contributed by atoms with Crippen LogP contribution in [0.4, 0.5) is 5.69 Å². The second kappa shape index (κ2) is 8.49. The molecule has 148 valence electrons. The van der Waals surface area contributed by atoms with Gasteiger partial charge in [-0.05, 0) is 65.4 Å². The molecule has 0 saturated heterocycles. The minimum Gasteiger partial charge on any atom is -0.465 e. The normalized spacial score (nSPS) is 10.4. The van der Waals surface area contributed by atoms with Crippen LogP contribution in [0.15, 0.2) is 91.0 Å². The first kappa shape index (κ1) is 19.2. The highest BCUT2D eigenvalue weighted by Crippen LogP contribution is 2.26. The molecule has 4 rings (SSSR count). The van der Waals surface area contributed by atoms with E-state index < -0.39 is 5.97 Å². The standard InChI is InChI=1S/C25H19NO4/c1-29-25(28)20-7-4-8-21(15-20)26-24(27)18-10-12-22(13-11-18)30-23-14-9-17-5-2-3-6-19(17)16-23/h2-16H,1H3,(H,26,27). The van der Waals surface area contributed by atoms with Crippen LogP contribution in [0.2, 0.25) is 0 Å². The highest BCUT2D eigenvalue weighted by molar-refractivity contribution is 6.05. The third-order valence-electron chi connectivity index (χ3n) is 4.61. The second-order valence-electron chi connectivity index (χ2n) is 6.66. The van der Waals surface area contributed by atoms with Gasteiger partial charge in [-0.25, -0.2) is 4.79 Å². The van der Waals surface area contributed by atoms with Crippen LogP contribution in [0.1, 0.15) is 20.7 Å². The van der Waals surface area contributed by atoms with Crippen LogP contribution in [0.3, 0.4) is 0 Å². The molecule has 0 aromatic heterocycles. The summed E-state index contributed by atoms with van der Waals surface area (Å²) in [7, 11) is 1.31. The number of esters is 1. The molecule has 30 heavy (non-hydrogen) atoms. The summed E-state index contributed by atoms with van der Waals surface area (Å²) in [6, 6.07) is 27.4. The van der Waals surface area contributed by atoms with Gasteiger partial charge in [0, 0.05) is 11.3 Å². The number of rotatable bonds is 5. The Hall–Kier alpha value is -4.12. The lowest BCUT2D eigenvalue weighted by Crippen LogP contribution is -2.12. The van der Waals surface area contributed by atoms with Crippen LogP contribution in [0.5, 0.6) is 11.5 Å². The van der Waals surface area contributed by atoms with Crippen molar-refractivity contribution in [2.75, 3.05) is 12.4 Å². The highest BCUT2D eigenvalue weighted by Gasteiger charge is 2.10. The lowest BCUT2D eigenvalue weighted by Gasteiger charge is -2.09. The SMILES string of the molecule is COC(=O)c1cccc(NC(=O)c2ccc(Oc3ccc4ccccc4c3)cc2)c1. The van der Waals surface area contributed by atoms with Crippen molar-refractivity contribution < 1.29 is 19.1 Å². The predicted molar refractivity (Wildman–Crippen MR) is 116 cm³/mol. The summed E-state index contributed by atoms with van der Waals surface area (Å²) in [5.41, 5.74) is 1.36. The van der Waals surface area contributed by atoms with Crippen molar-refractivity contribution in [1.29, 1.82) is 0 Å². The molecule has 1 N–H and O–H groups in total. The van der Waals surface area contributed by atoms with Gasteiger partial charge in [0.05, 0.1) is 12.7 Å². The molecule has 0 unspecified atom stereocenters. The molecule has 0 bridgehead atoms. The third kappa shape index (κ3) is 4.31. The van der Waals surface area contributed by atoms with Gasteiger partial charge in [-0.3, -0.25) is 4.79 Å². The van der Waals surface area contributed by atoms with Crippen molar-refractivity contribution in [1.82, 2.24) is 0 Å². The van der Waals surface area contributed by atoms with Crippen LogP contribution in [0.25, 0.3) is 10.8 Å². The summed E-state index contributed by atoms with van der Waals surface area (Å²) in [4.78, 5) is 24.1. The number of hydrogen-bond acceptors (Lipinski definition) is 4. The first-order chi connectivity index (χ1) is 14.6. The van der Waals surface area contributed by atoms with E-state index in [0.717, 1.165) is 16.5 Å². The van der Waals surface area contributed by atoms with Crippen LogP contribution < -0.4 is 10.1 Å². The molecule has 1 amide bonds. The Balaban J connectivity index is 1.45. The number of carbonyl (C=O) groups is 2. The van der Waals surface area contributed by atoms with Crippen molar-refractivity contribution in [3.8, 4) is 11.5 Å². The lowest BCUT2D eigenvalue weighted by molar-refractivity contribution is 0.0600. The fraction of sp³-hybridized carbons (Fsp3) is 0.0400. The Bertz CT molecular complexity index is 1220. The molecule has 5 nitrogen and oxygen atoms in total. The zero-order chi connectivity index (χ0) is 20.9. The minimum absolute atomic E-state index is 0.283. The van der Waals surface area contributed by atoms with Crippen molar-refractivity contribution in [3.05, 3.63) is 102 Å². The molecule has 0 aliphatic carbocycles. The van der Waals surface area contributed by atoms with Gasteiger partial charge in [0.2, 0.25) is 0 Å². The lowest BCUT2D eigenvalue weighted by atomic mass is 10.1. The fourth-order valence-electron chi connectivity index (χ4n) is 3.09. The van der Waals surface area contributed by atoms with Gasteiger partial charge in [0.25, 0.3) is 5.91 Å². The zero-order valence-electron chi connectivity index (χ0n) is 16.3. The van der Waals surface area contributed by atoms with Gasteiger partial charge in [-0.1, -0.05) is 36.4 Å². The molecule has 5 heteroatoms. The van der Waals surface area contributed by atoms with Crippen molar-refractivity contribution in [2.24, 2.45) is 0 Å². The molecule has 0 atom stereocenters. The Labute approximate surface area is 173 Å². The van der Waals surface area contributed by atoms with Crippen molar-refractivity contribution >= 4 is 28.3 Å². The van der Waals surface area contributed by atoms with Crippen molar-refractivity contribution in [3.63, 3.8) is 0 Å². The molecule has 0 radical (unpaired) electrons. The Kier molecular flexibility index (Phi) is 5.44. The molecule has 4 aromatic carbocycles. The number of amides is 1. The first-order valence-corrected chi connectivity index (χ1v) is 9.39. The number of anilines is 1. The zero-order valence-corrected chi connectivity index (χ0v) is 16.3. The molecule has 0 aliphatic heterocycles. The molecule has 4 aromatic rings. The van der Waals surface area contributed by atoms with Crippen molar-refractivity contribution in [2.45, 2.75) is 0 Å². The van der Waals surface area contributed by atoms with Gasteiger partial charge < -0.3 is 14.8 Å². The average molecular weight is 397 g/mol. The van der Waals surface area contributed by atoms with Crippen LogP contribution in [-0.2, 0) is 4.74 Å². The smallest absolute Gasteiger partial charge is 0.337 e. The monoisotopic (exact) mass is 397 g/mol. The topological polar surface area (TPSA) is 64.6 Å². The third-order valence-corrected chi connectivity index (χ3v) is 4.61. The molecule has 0 heterocycles. The van der Waals surface area contributed by atoms with Gasteiger partial charge in [0.1, 0.15) is 11.5 Å². The summed E-state index contributed by atoms with van der Waals surface area (Å²) >= 11 is 0. The summed E-state index contributed by atoms with van der Waals surface area (Å²) in [5.74, 6) is 0.621. The van der Waals surface area contributed by atoms with Gasteiger partial charge in [-0.2, -0.15) is 0 Å². The van der Waals surface area contributed by atoms with E-state index in [1.165, 1.54) is 7.11 Å². The maximum absolute atomic E-state index is 12.5. The summed E-state index contributed by atoms with van der Waals surface area (Å²) in [5, 5.41) is 5.02. The van der Waals surface area contributed by atoms with E-state index in [2.05, 4.69) is 5.32 Å². The molecule has 0 spiro atoms. The predicted octanol–water partition coefficient (Wildman–Crippen LogP) is 5.67. The quantitative estimate of drug-likeness (QED) is 0.441. The summed E-state index contributed by atoms with van der Waals surface area (Å²) < 4.78 is 10.6. The maximum atomic E-state index is 12.5. The van der Waals surface area contributed by atoms with Crippen LogP contribution in [-0.4, -0.2) is 19.0 Å². The first-order valence-electron chi connectivity index (χ1n) is 9.39. The number of carbonyl (C=O) groups excluding carboxylic acids is 2. The summed E-state index contributed by atoms with van der Waals surface area (Å²) in [6.45, 7) is 0. The number of fused-ring (bicyclic) bond motifs is 1. The molecule has 0 fully saturated rings. The summed E-state index contributed by atoms with van der Waals surface area (Å²) in [6.07, 6.45) is 0. The van der Waals surface area contributed by atoms with E-state index in [4.69, 9.17) is 9.47 Å². The number of nitrogens with one attached hydrogen (secondary N) is 1. The number of ether oxygens (including phenoxy) is 2. The van der Waals surface area contributed by atoms with E-state index in [9.17, 15) is 9.59 Å². The Morgan fingerprint density at radius 2 is 1.43 bits per heavy atom. The van der Waals surface area contributed by atoms with Gasteiger partial charge >= 0.3 is 5.97 Å². The van der Waals surface area contributed by atoms with Crippen LogP contribution in [0, 0.1) is 0 Å². The highest BCUT2D eigenvalue weighted by atomic mass is 16.5. The number of hydrogen-bond donors (Lipinski definition) is 1. The van der Waals surface area contributed by atoms with E-state index in [1.54, 1.807) is 48.5 Å². The largest absolute Gasteiger partial charge is 0.465 e. The van der Waals surface area contributed by atoms with E-state index >= 15 is 0 Å². The Morgan fingerprint density at radius 3 is 2.20 bits per heavy atom. The van der Waals surface area contributed by atoms with Gasteiger partial charge in [0.15, 0.2) is 0 Å². The van der Waals surface area contributed by atoms with E-state index in [1.807, 2.05) is 42.5 Å².